The molecule has 0 aliphatic heterocycles. The standard InChI is InChI=1S/C22H22ClN5O6S/c1-3-19(35(32,33)14-6-4-12(2)5-7-14)21(30)26-16-9-18(29)17(8-15(16)23)27-22(31)20(28-24)13-10-25-34-11-13/h4-11,19,29H,3,24H2,1-2H3,(H,26,30)(H,27,31)/b28-20+. The summed E-state index contributed by atoms with van der Waals surface area (Å²) < 4.78 is 30.7. The average molecular weight is 520 g/mol. The zero-order valence-corrected chi connectivity index (χ0v) is 20.2. The van der Waals surface area contributed by atoms with Crippen molar-refractivity contribution in [1.82, 2.24) is 5.16 Å². The van der Waals surface area contributed by atoms with Crippen molar-refractivity contribution in [3.63, 3.8) is 0 Å². The Morgan fingerprint density at radius 1 is 1.20 bits per heavy atom. The molecule has 0 saturated carbocycles. The van der Waals surface area contributed by atoms with Gasteiger partial charge in [-0.1, -0.05) is 41.4 Å². The number of benzene rings is 2. The van der Waals surface area contributed by atoms with Crippen LogP contribution >= 0.6 is 11.6 Å². The zero-order chi connectivity index (χ0) is 25.8. The third-order valence-electron chi connectivity index (χ3n) is 5.03. The summed E-state index contributed by atoms with van der Waals surface area (Å²) in [6.07, 6.45) is 2.39. The number of halogens is 1. The number of phenolic OH excluding ortho intramolecular Hbond substituents is 1. The number of nitrogens with one attached hydrogen (secondary N) is 2. The Hall–Kier alpha value is -3.90. The smallest absolute Gasteiger partial charge is 0.276 e. The van der Waals surface area contributed by atoms with Crippen LogP contribution in [0.5, 0.6) is 5.75 Å². The molecule has 35 heavy (non-hydrogen) atoms. The second kappa shape index (κ2) is 10.6. The summed E-state index contributed by atoms with van der Waals surface area (Å²) in [4.78, 5) is 25.4. The van der Waals surface area contributed by atoms with Crippen molar-refractivity contribution in [2.24, 2.45) is 10.9 Å². The van der Waals surface area contributed by atoms with Gasteiger partial charge in [-0.05, 0) is 31.5 Å². The first-order chi connectivity index (χ1) is 16.6. The van der Waals surface area contributed by atoms with Crippen LogP contribution in [0, 0.1) is 6.92 Å². The van der Waals surface area contributed by atoms with Crippen LogP contribution in [0.25, 0.3) is 0 Å². The number of rotatable bonds is 8. The maximum absolute atomic E-state index is 13.0. The molecule has 0 saturated heterocycles. The maximum Gasteiger partial charge on any atom is 0.276 e. The molecular formula is C22H22ClN5O6S. The largest absolute Gasteiger partial charge is 0.506 e. The number of hydrogen-bond donors (Lipinski definition) is 4. The van der Waals surface area contributed by atoms with Crippen LogP contribution in [0.3, 0.4) is 0 Å². The Labute approximate surface area is 205 Å². The van der Waals surface area contributed by atoms with Crippen LogP contribution in [0.1, 0.15) is 24.5 Å². The lowest BCUT2D eigenvalue weighted by Crippen LogP contribution is -2.34. The molecule has 1 heterocycles. The second-order valence-corrected chi connectivity index (χ2v) is 9.98. The quantitative estimate of drug-likeness (QED) is 0.152. The SMILES string of the molecule is CCC(C(=O)Nc1cc(O)c(NC(=O)/C(=N/N)c2cnoc2)cc1Cl)S(=O)(=O)c1ccc(C)cc1. The Kier molecular flexibility index (Phi) is 7.77. The number of aromatic hydroxyl groups is 1. The van der Waals surface area contributed by atoms with Crippen molar-refractivity contribution in [2.45, 2.75) is 30.4 Å². The molecule has 2 aromatic carbocycles. The van der Waals surface area contributed by atoms with Gasteiger partial charge in [-0.3, -0.25) is 9.59 Å². The Bertz CT molecular complexity index is 1370. The molecule has 0 bridgehead atoms. The van der Waals surface area contributed by atoms with E-state index in [0.717, 1.165) is 17.9 Å². The molecule has 0 aliphatic rings. The predicted octanol–water partition coefficient (Wildman–Crippen LogP) is 2.83. The van der Waals surface area contributed by atoms with Gasteiger partial charge >= 0.3 is 0 Å². The van der Waals surface area contributed by atoms with Crippen molar-refractivity contribution in [2.75, 3.05) is 10.6 Å². The molecule has 184 valence electrons. The average Bonchev–Trinajstić information content (AvgIpc) is 3.32. The highest BCUT2D eigenvalue weighted by atomic mass is 35.5. The summed E-state index contributed by atoms with van der Waals surface area (Å²) >= 11 is 6.23. The molecule has 2 amide bonds. The fourth-order valence-electron chi connectivity index (χ4n) is 3.18. The first kappa shape index (κ1) is 25.7. The molecule has 5 N–H and O–H groups in total. The first-order valence-corrected chi connectivity index (χ1v) is 12.1. The first-order valence-electron chi connectivity index (χ1n) is 10.2. The fraction of sp³-hybridized carbons (Fsp3) is 0.182. The zero-order valence-electron chi connectivity index (χ0n) is 18.6. The highest BCUT2D eigenvalue weighted by Crippen LogP contribution is 2.34. The number of aromatic nitrogens is 1. The molecular weight excluding hydrogens is 498 g/mol. The molecule has 0 spiro atoms. The van der Waals surface area contributed by atoms with Gasteiger partial charge in [0.25, 0.3) is 5.91 Å². The van der Waals surface area contributed by atoms with Crippen molar-refractivity contribution >= 4 is 50.3 Å². The number of sulfone groups is 1. The van der Waals surface area contributed by atoms with E-state index in [2.05, 4.69) is 25.4 Å². The lowest BCUT2D eigenvalue weighted by atomic mass is 10.2. The van der Waals surface area contributed by atoms with Crippen LogP contribution in [-0.2, 0) is 19.4 Å². The van der Waals surface area contributed by atoms with E-state index in [1.54, 1.807) is 19.1 Å². The number of hydrazone groups is 1. The van der Waals surface area contributed by atoms with Gasteiger partial charge < -0.3 is 26.1 Å². The highest BCUT2D eigenvalue weighted by molar-refractivity contribution is 7.92. The summed E-state index contributed by atoms with van der Waals surface area (Å²) in [5.74, 6) is 3.21. The Morgan fingerprint density at radius 2 is 1.89 bits per heavy atom. The van der Waals surface area contributed by atoms with Crippen LogP contribution in [-0.4, -0.2) is 41.5 Å². The molecule has 3 rings (SSSR count). The van der Waals surface area contributed by atoms with E-state index in [1.165, 1.54) is 24.4 Å². The number of carbonyl (C=O) groups is 2. The van der Waals surface area contributed by atoms with Crippen LogP contribution in [0.4, 0.5) is 11.4 Å². The molecule has 0 radical (unpaired) electrons. The van der Waals surface area contributed by atoms with Crippen molar-refractivity contribution in [1.29, 1.82) is 0 Å². The molecule has 1 aromatic heterocycles. The van der Waals surface area contributed by atoms with Gasteiger partial charge in [-0.2, -0.15) is 5.10 Å². The van der Waals surface area contributed by atoms with Gasteiger partial charge in [0.1, 0.15) is 17.3 Å². The van der Waals surface area contributed by atoms with Gasteiger partial charge in [0.2, 0.25) is 5.91 Å². The van der Waals surface area contributed by atoms with E-state index in [-0.39, 0.29) is 39.0 Å². The maximum atomic E-state index is 13.0. The topological polar surface area (TPSA) is 177 Å². The van der Waals surface area contributed by atoms with Gasteiger partial charge in [0.15, 0.2) is 15.5 Å². The molecule has 0 aliphatic carbocycles. The highest BCUT2D eigenvalue weighted by Gasteiger charge is 2.33. The number of amides is 2. The van der Waals surface area contributed by atoms with Crippen molar-refractivity contribution < 1.29 is 27.6 Å². The summed E-state index contributed by atoms with van der Waals surface area (Å²) in [5.41, 5.74) is 0.722. The van der Waals surface area contributed by atoms with E-state index in [1.807, 2.05) is 6.92 Å². The lowest BCUT2D eigenvalue weighted by Gasteiger charge is -2.17. The number of nitrogens with zero attached hydrogens (tertiary/aromatic N) is 2. The normalized spacial score (nSPS) is 12.7. The fourth-order valence-corrected chi connectivity index (χ4v) is 5.01. The molecule has 3 aromatic rings. The summed E-state index contributed by atoms with van der Waals surface area (Å²) in [6, 6.07) is 8.43. The summed E-state index contributed by atoms with van der Waals surface area (Å²) in [5, 5.41) is 20.6. The Morgan fingerprint density at radius 3 is 2.46 bits per heavy atom. The minimum Gasteiger partial charge on any atom is -0.506 e. The second-order valence-electron chi connectivity index (χ2n) is 7.44. The van der Waals surface area contributed by atoms with E-state index < -0.39 is 32.7 Å². The molecule has 11 nitrogen and oxygen atoms in total. The number of nitrogens with two attached hydrogens (primary N) is 1. The van der Waals surface area contributed by atoms with E-state index in [9.17, 15) is 23.1 Å². The number of anilines is 2. The number of aryl methyl sites for hydroxylation is 1. The van der Waals surface area contributed by atoms with Gasteiger partial charge in [0, 0.05) is 6.07 Å². The number of phenols is 1. The Balaban J connectivity index is 1.80. The van der Waals surface area contributed by atoms with Crippen LogP contribution in [0.2, 0.25) is 5.02 Å². The van der Waals surface area contributed by atoms with E-state index >= 15 is 0 Å². The summed E-state index contributed by atoms with van der Waals surface area (Å²) in [7, 11) is -3.98. The number of hydrogen-bond acceptors (Lipinski definition) is 9. The van der Waals surface area contributed by atoms with Crippen LogP contribution < -0.4 is 16.5 Å². The van der Waals surface area contributed by atoms with E-state index in [4.69, 9.17) is 17.4 Å². The molecule has 1 unspecified atom stereocenters. The lowest BCUT2D eigenvalue weighted by molar-refractivity contribution is -0.116. The minimum atomic E-state index is -3.98. The number of carbonyl (C=O) groups excluding carboxylic acids is 2. The van der Waals surface area contributed by atoms with Gasteiger partial charge in [0.05, 0.1) is 33.1 Å². The van der Waals surface area contributed by atoms with Gasteiger partial charge in [-0.25, -0.2) is 8.42 Å². The van der Waals surface area contributed by atoms with Crippen molar-refractivity contribution in [3.8, 4) is 5.75 Å². The summed E-state index contributed by atoms with van der Waals surface area (Å²) in [6.45, 7) is 3.39. The van der Waals surface area contributed by atoms with Crippen LogP contribution in [0.15, 0.2) is 63.4 Å². The van der Waals surface area contributed by atoms with Crippen molar-refractivity contribution in [3.05, 3.63) is 65.0 Å². The molecule has 13 heteroatoms. The third-order valence-corrected chi connectivity index (χ3v) is 7.57. The third kappa shape index (κ3) is 5.61. The minimum absolute atomic E-state index is 0.00382. The monoisotopic (exact) mass is 519 g/mol. The molecule has 0 fully saturated rings. The van der Waals surface area contributed by atoms with Gasteiger partial charge in [-0.15, -0.1) is 0 Å². The predicted molar refractivity (Wildman–Crippen MR) is 130 cm³/mol. The van der Waals surface area contributed by atoms with E-state index in [0.29, 0.717) is 0 Å². The molecule has 1 atom stereocenters.